The van der Waals surface area contributed by atoms with Gasteiger partial charge >= 0.3 is 23.9 Å². The van der Waals surface area contributed by atoms with E-state index in [4.69, 9.17) is 34.2 Å². The van der Waals surface area contributed by atoms with Crippen LogP contribution >= 0.6 is 0 Å². The predicted octanol–water partition coefficient (Wildman–Crippen LogP) is 4.30. The van der Waals surface area contributed by atoms with Crippen molar-refractivity contribution in [1.82, 2.24) is 10.6 Å². The molecule has 0 saturated carbocycles. The van der Waals surface area contributed by atoms with Gasteiger partial charge in [-0.15, -0.1) is 0 Å². The van der Waals surface area contributed by atoms with Gasteiger partial charge in [0.1, 0.15) is 46.9 Å². The Labute approximate surface area is 280 Å². The standard InChI is InChI=1S/C35H43N3O10/c1-35(33(41)48-29-18-14-27(45-4)15-19-29,21-20-31(39)47-28-16-12-26(44-3)13-17-28)38-34(42)37-30(7-5-6-22-36)32(40)46-23-24-8-10-25(43-2)11-9-24/h8-19,30H,5-7,20-23,36H2,1-4H3,(H2,37,38,42). The number of amides is 2. The summed E-state index contributed by atoms with van der Waals surface area (Å²) < 4.78 is 31.9. The molecule has 0 heterocycles. The van der Waals surface area contributed by atoms with Crippen LogP contribution in [-0.2, 0) is 25.7 Å². The predicted molar refractivity (Wildman–Crippen MR) is 176 cm³/mol. The summed E-state index contributed by atoms with van der Waals surface area (Å²) in [4.78, 5) is 52.8. The summed E-state index contributed by atoms with van der Waals surface area (Å²) >= 11 is 0. The maximum absolute atomic E-state index is 13.5. The van der Waals surface area contributed by atoms with E-state index in [0.29, 0.717) is 36.6 Å². The third kappa shape index (κ3) is 11.8. The zero-order valence-corrected chi connectivity index (χ0v) is 27.6. The number of esters is 3. The lowest BCUT2D eigenvalue weighted by molar-refractivity contribution is -0.147. The molecule has 3 aromatic carbocycles. The van der Waals surface area contributed by atoms with Crippen LogP contribution in [0.2, 0.25) is 0 Å². The highest BCUT2D eigenvalue weighted by atomic mass is 16.5. The number of hydrogen-bond donors (Lipinski definition) is 3. The summed E-state index contributed by atoms with van der Waals surface area (Å²) in [5.74, 6) is 0.114. The molecule has 13 heteroatoms. The van der Waals surface area contributed by atoms with E-state index in [2.05, 4.69) is 10.6 Å². The van der Waals surface area contributed by atoms with Crippen LogP contribution in [0.5, 0.6) is 28.7 Å². The molecule has 3 aromatic rings. The number of nitrogens with two attached hydrogens (primary N) is 1. The fraction of sp³-hybridized carbons (Fsp3) is 0.371. The fourth-order valence-corrected chi connectivity index (χ4v) is 4.42. The van der Waals surface area contributed by atoms with Crippen molar-refractivity contribution in [3.8, 4) is 28.7 Å². The highest BCUT2D eigenvalue weighted by Gasteiger charge is 2.38. The van der Waals surface area contributed by atoms with Gasteiger partial charge < -0.3 is 44.8 Å². The van der Waals surface area contributed by atoms with Crippen LogP contribution in [0.3, 0.4) is 0 Å². The first kappa shape index (κ1) is 37.2. The number of carbonyl (C=O) groups is 4. The zero-order valence-electron chi connectivity index (χ0n) is 27.6. The van der Waals surface area contributed by atoms with E-state index in [1.54, 1.807) is 67.8 Å². The van der Waals surface area contributed by atoms with E-state index in [1.807, 2.05) is 0 Å². The Balaban J connectivity index is 1.72. The Hall–Kier alpha value is -5.30. The Morgan fingerprint density at radius 2 is 1.23 bits per heavy atom. The average molecular weight is 666 g/mol. The molecule has 0 saturated heterocycles. The van der Waals surface area contributed by atoms with Crippen molar-refractivity contribution < 1.29 is 47.6 Å². The van der Waals surface area contributed by atoms with Crippen LogP contribution in [-0.4, -0.2) is 63.4 Å². The van der Waals surface area contributed by atoms with Gasteiger partial charge in [0.2, 0.25) is 0 Å². The molecule has 2 amide bonds. The summed E-state index contributed by atoms with van der Waals surface area (Å²) in [7, 11) is 4.57. The Morgan fingerprint density at radius 1 is 0.729 bits per heavy atom. The topological polar surface area (TPSA) is 174 Å². The molecule has 258 valence electrons. The van der Waals surface area contributed by atoms with E-state index < -0.39 is 35.5 Å². The number of carbonyl (C=O) groups excluding carboxylic acids is 4. The maximum atomic E-state index is 13.5. The van der Waals surface area contributed by atoms with Gasteiger partial charge in [-0.2, -0.15) is 0 Å². The number of hydrogen-bond acceptors (Lipinski definition) is 11. The molecule has 0 bridgehead atoms. The zero-order chi connectivity index (χ0) is 34.9. The number of methoxy groups -OCH3 is 3. The average Bonchev–Trinajstić information content (AvgIpc) is 3.10. The van der Waals surface area contributed by atoms with Gasteiger partial charge in [0, 0.05) is 6.42 Å². The molecule has 48 heavy (non-hydrogen) atoms. The van der Waals surface area contributed by atoms with Crippen molar-refractivity contribution >= 4 is 23.9 Å². The molecule has 0 aliphatic rings. The van der Waals surface area contributed by atoms with Gasteiger partial charge in [-0.3, -0.25) is 4.79 Å². The van der Waals surface area contributed by atoms with E-state index in [1.165, 1.54) is 33.3 Å². The van der Waals surface area contributed by atoms with Crippen LogP contribution in [0.4, 0.5) is 4.79 Å². The van der Waals surface area contributed by atoms with Crippen molar-refractivity contribution in [3.63, 3.8) is 0 Å². The van der Waals surface area contributed by atoms with Crippen molar-refractivity contribution in [2.45, 2.75) is 57.2 Å². The summed E-state index contributed by atoms with van der Waals surface area (Å²) in [6.07, 6.45) is 0.947. The number of unbranched alkanes of at least 4 members (excludes halogenated alkanes) is 1. The molecule has 13 nitrogen and oxygen atoms in total. The molecule has 0 spiro atoms. The molecular formula is C35H43N3O10. The van der Waals surface area contributed by atoms with Gasteiger partial charge in [0.25, 0.3) is 0 Å². The normalized spacial score (nSPS) is 12.4. The molecule has 4 N–H and O–H groups in total. The molecule has 0 radical (unpaired) electrons. The molecule has 2 unspecified atom stereocenters. The monoisotopic (exact) mass is 665 g/mol. The number of urea groups is 1. The molecule has 0 aliphatic carbocycles. The molecule has 0 aromatic heterocycles. The molecule has 0 fully saturated rings. The van der Waals surface area contributed by atoms with Crippen LogP contribution in [0.1, 0.15) is 44.6 Å². The fourth-order valence-electron chi connectivity index (χ4n) is 4.42. The SMILES string of the molecule is COc1ccc(COC(=O)C(CCCCN)NC(=O)NC(C)(CCC(=O)Oc2ccc(OC)cc2)C(=O)Oc2ccc(OC)cc2)cc1. The van der Waals surface area contributed by atoms with Crippen molar-refractivity contribution in [2.24, 2.45) is 5.73 Å². The Morgan fingerprint density at radius 3 is 1.75 bits per heavy atom. The Bertz CT molecular complexity index is 1480. The second-order valence-electron chi connectivity index (χ2n) is 10.9. The van der Waals surface area contributed by atoms with E-state index in [-0.39, 0.29) is 37.4 Å². The molecule has 3 rings (SSSR count). The van der Waals surface area contributed by atoms with Gasteiger partial charge in [-0.1, -0.05) is 12.1 Å². The second kappa shape index (κ2) is 18.7. The van der Waals surface area contributed by atoms with E-state index in [0.717, 1.165) is 5.56 Å². The lowest BCUT2D eigenvalue weighted by atomic mass is 9.95. The highest BCUT2D eigenvalue weighted by molar-refractivity contribution is 5.90. The minimum atomic E-state index is -1.72. The molecule has 0 aliphatic heterocycles. The van der Waals surface area contributed by atoms with Crippen LogP contribution in [0.15, 0.2) is 72.8 Å². The first-order valence-electron chi connectivity index (χ1n) is 15.4. The van der Waals surface area contributed by atoms with Gasteiger partial charge in [-0.25, -0.2) is 14.4 Å². The minimum Gasteiger partial charge on any atom is -0.497 e. The number of ether oxygens (including phenoxy) is 6. The van der Waals surface area contributed by atoms with Crippen molar-refractivity contribution in [2.75, 3.05) is 27.9 Å². The van der Waals surface area contributed by atoms with E-state index >= 15 is 0 Å². The first-order chi connectivity index (χ1) is 23.1. The summed E-state index contributed by atoms with van der Waals surface area (Å²) in [6.45, 7) is 1.80. The molecule has 2 atom stereocenters. The van der Waals surface area contributed by atoms with Crippen molar-refractivity contribution in [1.29, 1.82) is 0 Å². The van der Waals surface area contributed by atoms with Crippen LogP contribution < -0.4 is 40.1 Å². The van der Waals surface area contributed by atoms with Crippen LogP contribution in [0.25, 0.3) is 0 Å². The van der Waals surface area contributed by atoms with Gasteiger partial charge in [-0.05, 0) is 105 Å². The Kier molecular flexibility index (Phi) is 14.5. The lowest BCUT2D eigenvalue weighted by Crippen LogP contribution is -2.59. The minimum absolute atomic E-state index is 0.0261. The summed E-state index contributed by atoms with van der Waals surface area (Å²) in [6, 6.07) is 17.8. The first-order valence-corrected chi connectivity index (χ1v) is 15.4. The number of nitrogens with one attached hydrogen (secondary N) is 2. The van der Waals surface area contributed by atoms with E-state index in [9.17, 15) is 19.2 Å². The largest absolute Gasteiger partial charge is 0.497 e. The quantitative estimate of drug-likeness (QED) is 0.100. The number of rotatable bonds is 18. The highest BCUT2D eigenvalue weighted by Crippen LogP contribution is 2.23. The maximum Gasteiger partial charge on any atom is 0.337 e. The molecular weight excluding hydrogens is 622 g/mol. The van der Waals surface area contributed by atoms with Crippen molar-refractivity contribution in [3.05, 3.63) is 78.4 Å². The van der Waals surface area contributed by atoms with Gasteiger partial charge in [0.05, 0.1) is 21.3 Å². The third-order valence-electron chi connectivity index (χ3n) is 7.31. The lowest BCUT2D eigenvalue weighted by Gasteiger charge is -2.29. The smallest absolute Gasteiger partial charge is 0.337 e. The summed E-state index contributed by atoms with van der Waals surface area (Å²) in [5, 5.41) is 5.23. The third-order valence-corrected chi connectivity index (χ3v) is 7.31. The van der Waals surface area contributed by atoms with Crippen LogP contribution in [0, 0.1) is 0 Å². The summed E-state index contributed by atoms with van der Waals surface area (Å²) in [5.41, 5.74) is 4.64. The second-order valence-corrected chi connectivity index (χ2v) is 10.9. The number of benzene rings is 3. The van der Waals surface area contributed by atoms with Gasteiger partial charge in [0.15, 0.2) is 0 Å².